The van der Waals surface area contributed by atoms with Gasteiger partial charge < -0.3 is 14.9 Å². The highest BCUT2D eigenvalue weighted by Gasteiger charge is 2.19. The van der Waals surface area contributed by atoms with Gasteiger partial charge in [-0.3, -0.25) is 4.79 Å². The second kappa shape index (κ2) is 9.45. The Kier molecular flexibility index (Phi) is 6.74. The molecular formula is C23H28N4O3. The number of fused-ring (bicyclic) bond motifs is 1. The molecule has 0 saturated heterocycles. The minimum absolute atomic E-state index is 0.0191. The van der Waals surface area contributed by atoms with Gasteiger partial charge in [0.15, 0.2) is 5.43 Å². The third-order valence-electron chi connectivity index (χ3n) is 5.21. The molecule has 0 fully saturated rings. The topological polar surface area (TPSA) is 107 Å². The largest absolute Gasteiger partial charge is 0.488 e. The predicted octanol–water partition coefficient (Wildman–Crippen LogP) is 3.56. The maximum Gasteiger partial charge on any atom is 0.195 e. The summed E-state index contributed by atoms with van der Waals surface area (Å²) in [5, 5.41) is 5.63. The van der Waals surface area contributed by atoms with Crippen molar-refractivity contribution in [3.63, 3.8) is 0 Å². The summed E-state index contributed by atoms with van der Waals surface area (Å²) in [5.41, 5.74) is 8.28. The zero-order valence-corrected chi connectivity index (χ0v) is 17.6. The number of rotatable bonds is 8. The van der Waals surface area contributed by atoms with Gasteiger partial charge in [-0.25, -0.2) is 11.0 Å². The minimum Gasteiger partial charge on any atom is -0.488 e. The average Bonchev–Trinajstić information content (AvgIpc) is 2.75. The number of ether oxygens (including phenoxy) is 1. The summed E-state index contributed by atoms with van der Waals surface area (Å²) in [6.07, 6.45) is 1.80. The molecule has 158 valence electrons. The van der Waals surface area contributed by atoms with Crippen LogP contribution in [0.1, 0.15) is 41.7 Å². The molecule has 0 bridgehead atoms. The van der Waals surface area contributed by atoms with E-state index in [1.54, 1.807) is 13.0 Å². The molecule has 0 radical (unpaired) electrons. The summed E-state index contributed by atoms with van der Waals surface area (Å²) >= 11 is 0. The number of hydrogen-bond donors (Lipinski definition) is 2. The SMILES string of the molecule is Cc1c(C(C)CCN(N)/N=C\N)oc2c(C)c(OCc3ccccc3)ccc2c1=O. The van der Waals surface area contributed by atoms with Crippen LogP contribution in [0.4, 0.5) is 0 Å². The maximum atomic E-state index is 13.0. The van der Waals surface area contributed by atoms with Crippen LogP contribution in [-0.2, 0) is 6.61 Å². The van der Waals surface area contributed by atoms with Crippen molar-refractivity contribution in [2.75, 3.05) is 6.54 Å². The van der Waals surface area contributed by atoms with Crippen LogP contribution in [-0.4, -0.2) is 18.0 Å². The van der Waals surface area contributed by atoms with Gasteiger partial charge in [0, 0.05) is 17.0 Å². The smallest absolute Gasteiger partial charge is 0.195 e. The van der Waals surface area contributed by atoms with Crippen LogP contribution in [0.5, 0.6) is 5.75 Å². The van der Waals surface area contributed by atoms with E-state index < -0.39 is 0 Å². The van der Waals surface area contributed by atoms with Crippen molar-refractivity contribution in [3.05, 3.63) is 75.1 Å². The number of hydrogen-bond acceptors (Lipinski definition) is 6. The van der Waals surface area contributed by atoms with Crippen LogP contribution in [0.25, 0.3) is 11.0 Å². The monoisotopic (exact) mass is 408 g/mol. The van der Waals surface area contributed by atoms with Gasteiger partial charge in [-0.15, -0.1) is 0 Å². The average molecular weight is 409 g/mol. The highest BCUT2D eigenvalue weighted by atomic mass is 16.5. The summed E-state index contributed by atoms with van der Waals surface area (Å²) in [6.45, 7) is 6.63. The zero-order valence-electron chi connectivity index (χ0n) is 17.6. The highest BCUT2D eigenvalue weighted by Crippen LogP contribution is 2.31. The summed E-state index contributed by atoms with van der Waals surface area (Å²) in [6, 6.07) is 13.5. The molecule has 0 amide bonds. The molecule has 0 aliphatic heterocycles. The molecule has 7 nitrogen and oxygen atoms in total. The maximum absolute atomic E-state index is 13.0. The molecule has 1 aromatic heterocycles. The Bertz CT molecular complexity index is 1090. The van der Waals surface area contributed by atoms with Gasteiger partial charge >= 0.3 is 0 Å². The Morgan fingerprint density at radius 2 is 1.90 bits per heavy atom. The molecule has 1 atom stereocenters. The van der Waals surface area contributed by atoms with E-state index in [0.717, 1.165) is 17.5 Å². The minimum atomic E-state index is -0.0274. The molecule has 0 aliphatic carbocycles. The van der Waals surface area contributed by atoms with Gasteiger partial charge in [0.2, 0.25) is 0 Å². The van der Waals surface area contributed by atoms with Crippen LogP contribution in [0.15, 0.2) is 56.8 Å². The molecule has 0 aliphatic rings. The van der Waals surface area contributed by atoms with E-state index in [4.69, 9.17) is 20.7 Å². The third kappa shape index (κ3) is 4.63. The number of aryl methyl sites for hydroxylation is 1. The third-order valence-corrected chi connectivity index (χ3v) is 5.21. The molecule has 3 aromatic rings. The number of hydrazine groups is 1. The summed E-state index contributed by atoms with van der Waals surface area (Å²) in [4.78, 5) is 13.0. The van der Waals surface area contributed by atoms with E-state index in [0.29, 0.717) is 47.6 Å². The first kappa shape index (κ1) is 21.4. The first-order valence-electron chi connectivity index (χ1n) is 9.92. The van der Waals surface area contributed by atoms with Crippen LogP contribution in [0.3, 0.4) is 0 Å². The van der Waals surface area contributed by atoms with Gasteiger partial charge in [-0.2, -0.15) is 5.10 Å². The fourth-order valence-corrected chi connectivity index (χ4v) is 3.45. The van der Waals surface area contributed by atoms with Gasteiger partial charge in [0.05, 0.1) is 11.9 Å². The Labute approximate surface area is 175 Å². The van der Waals surface area contributed by atoms with Gasteiger partial charge in [-0.05, 0) is 38.0 Å². The normalized spacial score (nSPS) is 12.4. The lowest BCUT2D eigenvalue weighted by atomic mass is 9.98. The molecule has 1 unspecified atom stereocenters. The molecule has 7 heteroatoms. The Hall–Kier alpha value is -3.32. The van der Waals surface area contributed by atoms with Gasteiger partial charge in [0.1, 0.15) is 30.0 Å². The van der Waals surface area contributed by atoms with E-state index in [1.165, 1.54) is 5.12 Å². The highest BCUT2D eigenvalue weighted by molar-refractivity contribution is 5.82. The first-order chi connectivity index (χ1) is 14.4. The van der Waals surface area contributed by atoms with Gasteiger partial charge in [0.25, 0.3) is 0 Å². The van der Waals surface area contributed by atoms with Crippen molar-refractivity contribution in [2.24, 2.45) is 16.7 Å². The standard InChI is InChI=1S/C23H28N4O3/c1-15(11-12-27(25)26-14-24)22-17(3)21(28)19-9-10-20(16(2)23(19)30-22)29-13-18-7-5-4-6-8-18/h4-10,14-15H,11-13,25H2,1-3H3,(H2,24,26). The fraction of sp³-hybridized carbons (Fsp3) is 0.304. The fourth-order valence-electron chi connectivity index (χ4n) is 3.45. The van der Waals surface area contributed by atoms with Crippen molar-refractivity contribution >= 4 is 17.3 Å². The van der Waals surface area contributed by atoms with E-state index in [-0.39, 0.29) is 11.3 Å². The van der Waals surface area contributed by atoms with Crippen molar-refractivity contribution in [2.45, 2.75) is 39.7 Å². The Morgan fingerprint density at radius 3 is 2.60 bits per heavy atom. The zero-order chi connectivity index (χ0) is 21.7. The quantitative estimate of drug-likeness (QED) is 0.255. The lowest BCUT2D eigenvalue weighted by molar-refractivity contribution is 0.282. The molecule has 0 saturated carbocycles. The van der Waals surface area contributed by atoms with Crippen LogP contribution in [0, 0.1) is 13.8 Å². The van der Waals surface area contributed by atoms with Crippen molar-refractivity contribution in [3.8, 4) is 5.75 Å². The summed E-state index contributed by atoms with van der Waals surface area (Å²) < 4.78 is 12.2. The molecule has 2 aromatic carbocycles. The number of hydrazone groups is 1. The van der Waals surface area contributed by atoms with E-state index in [1.807, 2.05) is 50.2 Å². The van der Waals surface area contributed by atoms with Crippen LogP contribution < -0.4 is 21.7 Å². The molecule has 4 N–H and O–H groups in total. The summed E-state index contributed by atoms with van der Waals surface area (Å²) in [5.74, 6) is 7.07. The lowest BCUT2D eigenvalue weighted by Gasteiger charge is -2.18. The van der Waals surface area contributed by atoms with Crippen LogP contribution >= 0.6 is 0 Å². The molecular weight excluding hydrogens is 380 g/mol. The number of nitrogens with zero attached hydrogens (tertiary/aromatic N) is 2. The molecule has 3 rings (SSSR count). The molecule has 0 spiro atoms. The first-order valence-corrected chi connectivity index (χ1v) is 9.92. The molecule has 30 heavy (non-hydrogen) atoms. The Morgan fingerprint density at radius 1 is 1.17 bits per heavy atom. The second-order valence-electron chi connectivity index (χ2n) is 7.38. The van der Waals surface area contributed by atoms with Crippen LogP contribution in [0.2, 0.25) is 0 Å². The lowest BCUT2D eigenvalue weighted by Crippen LogP contribution is -2.28. The van der Waals surface area contributed by atoms with E-state index in [2.05, 4.69) is 5.10 Å². The van der Waals surface area contributed by atoms with E-state index >= 15 is 0 Å². The predicted molar refractivity (Wildman–Crippen MR) is 119 cm³/mol. The van der Waals surface area contributed by atoms with Gasteiger partial charge in [-0.1, -0.05) is 37.3 Å². The van der Waals surface area contributed by atoms with Crippen molar-refractivity contribution in [1.82, 2.24) is 5.12 Å². The van der Waals surface area contributed by atoms with Crippen molar-refractivity contribution < 1.29 is 9.15 Å². The second-order valence-corrected chi connectivity index (χ2v) is 7.38. The molecule has 1 heterocycles. The Balaban J connectivity index is 1.91. The number of benzene rings is 2. The summed E-state index contributed by atoms with van der Waals surface area (Å²) in [7, 11) is 0. The number of nitrogens with two attached hydrogens (primary N) is 2. The van der Waals surface area contributed by atoms with E-state index in [9.17, 15) is 4.79 Å². The van der Waals surface area contributed by atoms with Crippen molar-refractivity contribution in [1.29, 1.82) is 0 Å².